The Morgan fingerprint density at radius 3 is 2.29 bits per heavy atom. The number of amides is 1. The normalized spacial score (nSPS) is 17.3. The molecule has 10 heteroatoms. The number of hydrogen-bond acceptors (Lipinski definition) is 7. The zero-order valence-corrected chi connectivity index (χ0v) is 21.3. The minimum Gasteiger partial charge on any atom is -0.508 e. The maximum absolute atomic E-state index is 13.2. The van der Waals surface area contributed by atoms with Gasteiger partial charge in [-0.05, 0) is 44.0 Å². The van der Waals surface area contributed by atoms with Gasteiger partial charge in [0.05, 0.1) is 42.5 Å². The second kappa shape index (κ2) is 11.2. The van der Waals surface area contributed by atoms with Crippen molar-refractivity contribution in [2.45, 2.75) is 32.4 Å². The number of carbonyl (C=O) groups is 2. The zero-order valence-electron chi connectivity index (χ0n) is 19.8. The monoisotopic (exact) mass is 523 g/mol. The van der Waals surface area contributed by atoms with Crippen LogP contribution in [-0.2, 0) is 14.3 Å². The van der Waals surface area contributed by atoms with Crippen molar-refractivity contribution < 1.29 is 34.0 Å². The molecule has 1 aliphatic rings. The molecule has 1 heterocycles. The van der Waals surface area contributed by atoms with E-state index < -0.39 is 23.5 Å². The van der Waals surface area contributed by atoms with Crippen LogP contribution in [0, 0.1) is 0 Å². The Labute approximate surface area is 213 Å². The van der Waals surface area contributed by atoms with Gasteiger partial charge in [-0.15, -0.1) is 0 Å². The zero-order chi connectivity index (χ0) is 25.9. The number of aliphatic hydroxyl groups excluding tert-OH is 1. The lowest BCUT2D eigenvalue weighted by Gasteiger charge is -2.26. The van der Waals surface area contributed by atoms with Crippen LogP contribution in [0.5, 0.6) is 17.2 Å². The smallest absolute Gasteiger partial charge is 0.295 e. The molecular formula is C25H27Cl2NO7. The van der Waals surface area contributed by atoms with Gasteiger partial charge in [0.1, 0.15) is 16.5 Å². The number of halogens is 2. The minimum absolute atomic E-state index is 0.00490. The van der Waals surface area contributed by atoms with E-state index in [4.69, 9.17) is 37.4 Å². The van der Waals surface area contributed by atoms with Crippen molar-refractivity contribution in [3.8, 4) is 17.2 Å². The van der Waals surface area contributed by atoms with Crippen LogP contribution in [0.15, 0.2) is 35.9 Å². The molecule has 2 N–H and O–H groups in total. The molecule has 1 aliphatic heterocycles. The van der Waals surface area contributed by atoms with E-state index in [1.807, 2.05) is 13.8 Å². The van der Waals surface area contributed by atoms with Crippen molar-refractivity contribution in [1.29, 1.82) is 0 Å². The minimum atomic E-state index is -0.918. The molecule has 0 spiro atoms. The van der Waals surface area contributed by atoms with Gasteiger partial charge >= 0.3 is 0 Å². The number of Topliss-reactive ketones (excluding diaryl/α,β-unsaturated/α-hetero) is 1. The summed E-state index contributed by atoms with van der Waals surface area (Å²) < 4.78 is 16.1. The second-order valence-corrected chi connectivity index (χ2v) is 8.93. The average Bonchev–Trinajstić information content (AvgIpc) is 3.06. The Kier molecular flexibility index (Phi) is 8.53. The molecule has 35 heavy (non-hydrogen) atoms. The number of ketones is 1. The highest BCUT2D eigenvalue weighted by atomic mass is 35.5. The summed E-state index contributed by atoms with van der Waals surface area (Å²) in [5, 5.41) is 21.2. The van der Waals surface area contributed by atoms with Gasteiger partial charge in [-0.25, -0.2) is 0 Å². The van der Waals surface area contributed by atoms with Gasteiger partial charge in [0.15, 0.2) is 11.5 Å². The first-order valence-corrected chi connectivity index (χ1v) is 11.7. The van der Waals surface area contributed by atoms with Gasteiger partial charge < -0.3 is 29.3 Å². The first-order valence-electron chi connectivity index (χ1n) is 10.9. The molecule has 1 amide bonds. The number of rotatable bonds is 9. The Morgan fingerprint density at radius 1 is 1.09 bits per heavy atom. The molecule has 0 bridgehead atoms. The van der Waals surface area contributed by atoms with Crippen LogP contribution < -0.4 is 9.47 Å². The van der Waals surface area contributed by atoms with Gasteiger partial charge in [0.2, 0.25) is 0 Å². The van der Waals surface area contributed by atoms with Crippen molar-refractivity contribution >= 4 is 40.7 Å². The summed E-state index contributed by atoms with van der Waals surface area (Å²) in [7, 11) is 2.72. The predicted molar refractivity (Wildman–Crippen MR) is 132 cm³/mol. The van der Waals surface area contributed by atoms with Crippen molar-refractivity contribution in [2.24, 2.45) is 0 Å². The fourth-order valence-electron chi connectivity index (χ4n) is 3.96. The maximum atomic E-state index is 13.2. The highest BCUT2D eigenvalue weighted by Crippen LogP contribution is 2.47. The molecule has 0 radical (unpaired) electrons. The Bertz CT molecular complexity index is 1150. The summed E-state index contributed by atoms with van der Waals surface area (Å²) in [6.07, 6.45) is 0.499. The number of nitrogens with zero attached hydrogens (tertiary/aromatic N) is 1. The van der Waals surface area contributed by atoms with Gasteiger partial charge in [-0.1, -0.05) is 35.3 Å². The number of likely N-dealkylation sites (tertiary alicyclic amines) is 1. The number of hydrogen-bond donors (Lipinski definition) is 2. The highest BCUT2D eigenvalue weighted by molar-refractivity contribution is 6.47. The van der Waals surface area contributed by atoms with Gasteiger partial charge in [0, 0.05) is 13.2 Å². The summed E-state index contributed by atoms with van der Waals surface area (Å²) in [6, 6.07) is 6.50. The molecule has 0 aliphatic carbocycles. The van der Waals surface area contributed by atoms with E-state index in [1.54, 1.807) is 12.1 Å². The standard InChI is InChI=1S/C25H27Cl2NO7/c1-13(2)35-11-5-10-28-20(14-6-8-15(29)9-7-14)18(22(31)25(28)32)21(30)16-12-17(26)24(34-4)19(27)23(16)33-3/h6-9,12-13,20,29-30H,5,10-11H2,1-4H3/b21-18+. The molecule has 2 aromatic carbocycles. The molecule has 3 rings (SSSR count). The van der Waals surface area contributed by atoms with Crippen LogP contribution in [-0.4, -0.2) is 60.3 Å². The van der Waals surface area contributed by atoms with Crippen LogP contribution in [0.2, 0.25) is 10.0 Å². The molecule has 1 unspecified atom stereocenters. The highest BCUT2D eigenvalue weighted by Gasteiger charge is 2.46. The largest absolute Gasteiger partial charge is 0.508 e. The average molecular weight is 524 g/mol. The number of phenols is 1. The Hall–Kier alpha value is -2.94. The number of carbonyl (C=O) groups excluding carboxylic acids is 2. The third kappa shape index (κ3) is 5.34. The summed E-state index contributed by atoms with van der Waals surface area (Å²) in [4.78, 5) is 27.6. The first-order chi connectivity index (χ1) is 16.6. The predicted octanol–water partition coefficient (Wildman–Crippen LogP) is 4.95. The van der Waals surface area contributed by atoms with E-state index in [-0.39, 0.29) is 51.1 Å². The molecule has 0 saturated carbocycles. The lowest BCUT2D eigenvalue weighted by molar-refractivity contribution is -0.140. The van der Waals surface area contributed by atoms with Gasteiger partial charge in [-0.2, -0.15) is 0 Å². The fraction of sp³-hybridized carbons (Fsp3) is 0.360. The number of phenolic OH excluding ortho intramolecular Hbond substituents is 1. The van der Waals surface area contributed by atoms with Crippen LogP contribution in [0.3, 0.4) is 0 Å². The van der Waals surface area contributed by atoms with E-state index in [0.717, 1.165) is 0 Å². The first kappa shape index (κ1) is 26.7. The van der Waals surface area contributed by atoms with E-state index in [9.17, 15) is 19.8 Å². The third-order valence-electron chi connectivity index (χ3n) is 5.54. The SMILES string of the molecule is COc1c(Cl)cc(/C(O)=C2\C(=O)C(=O)N(CCCOC(C)C)C2c2ccc(O)cc2)c(OC)c1Cl. The Balaban J connectivity index is 2.16. The number of ether oxygens (including phenoxy) is 3. The van der Waals surface area contributed by atoms with E-state index >= 15 is 0 Å². The summed E-state index contributed by atoms with van der Waals surface area (Å²) in [6.45, 7) is 4.41. The molecule has 1 saturated heterocycles. The molecule has 1 fully saturated rings. The summed E-state index contributed by atoms with van der Waals surface area (Å²) in [5.41, 5.74) is 0.410. The van der Waals surface area contributed by atoms with Gasteiger partial charge in [0.25, 0.3) is 11.7 Å². The number of methoxy groups -OCH3 is 2. The van der Waals surface area contributed by atoms with E-state index in [2.05, 4.69) is 0 Å². The molecule has 1 atom stereocenters. The fourth-order valence-corrected chi connectivity index (χ4v) is 4.65. The van der Waals surface area contributed by atoms with Crippen LogP contribution in [0.1, 0.15) is 37.4 Å². The lowest BCUT2D eigenvalue weighted by atomic mass is 9.94. The quantitative estimate of drug-likeness (QED) is 0.207. The number of aromatic hydroxyl groups is 1. The Morgan fingerprint density at radius 2 is 1.71 bits per heavy atom. The van der Waals surface area contributed by atoms with Crippen molar-refractivity contribution in [3.63, 3.8) is 0 Å². The molecule has 2 aromatic rings. The number of benzene rings is 2. The maximum Gasteiger partial charge on any atom is 0.295 e. The molecule has 0 aromatic heterocycles. The summed E-state index contributed by atoms with van der Waals surface area (Å²) in [5.74, 6) is -1.93. The molecule has 8 nitrogen and oxygen atoms in total. The summed E-state index contributed by atoms with van der Waals surface area (Å²) >= 11 is 12.7. The van der Waals surface area contributed by atoms with Crippen molar-refractivity contribution in [2.75, 3.05) is 27.4 Å². The molecule has 188 valence electrons. The second-order valence-electron chi connectivity index (χ2n) is 8.14. The van der Waals surface area contributed by atoms with E-state index in [1.165, 1.54) is 37.3 Å². The van der Waals surface area contributed by atoms with Gasteiger partial charge in [-0.3, -0.25) is 9.59 Å². The van der Waals surface area contributed by atoms with Crippen LogP contribution >= 0.6 is 23.2 Å². The third-order valence-corrected chi connectivity index (χ3v) is 6.16. The number of aliphatic hydroxyl groups is 1. The van der Waals surface area contributed by atoms with Crippen LogP contribution in [0.4, 0.5) is 0 Å². The lowest BCUT2D eigenvalue weighted by Crippen LogP contribution is -2.31. The van der Waals surface area contributed by atoms with Crippen molar-refractivity contribution in [1.82, 2.24) is 4.90 Å². The van der Waals surface area contributed by atoms with Crippen molar-refractivity contribution in [3.05, 3.63) is 57.1 Å². The molecular weight excluding hydrogens is 497 g/mol. The topological polar surface area (TPSA) is 106 Å². The van der Waals surface area contributed by atoms with Crippen LogP contribution in [0.25, 0.3) is 5.76 Å². The van der Waals surface area contributed by atoms with E-state index in [0.29, 0.717) is 18.6 Å².